The lowest BCUT2D eigenvalue weighted by atomic mass is 10.1. The van der Waals surface area contributed by atoms with Crippen LogP contribution in [-0.4, -0.2) is 44.8 Å². The third-order valence-electron chi connectivity index (χ3n) is 4.25. The van der Waals surface area contributed by atoms with Gasteiger partial charge in [-0.1, -0.05) is 15.9 Å². The van der Waals surface area contributed by atoms with Gasteiger partial charge in [-0.15, -0.1) is 0 Å². The number of rotatable bonds is 4. The number of carbonyl (C=O) groups excluding carboxylic acids is 1. The van der Waals surface area contributed by atoms with Crippen LogP contribution in [0.1, 0.15) is 15.9 Å². The summed E-state index contributed by atoms with van der Waals surface area (Å²) in [6.07, 6.45) is 0. The highest BCUT2D eigenvalue weighted by molar-refractivity contribution is 9.10. The number of nitrogens with one attached hydrogen (secondary N) is 2. The Balaban J connectivity index is 1.73. The average Bonchev–Trinajstić information content (AvgIpc) is 2.65. The lowest BCUT2D eigenvalue weighted by Gasteiger charge is -2.26. The van der Waals surface area contributed by atoms with Gasteiger partial charge in [-0.3, -0.25) is 4.79 Å². The molecule has 0 atom stereocenters. The molecule has 0 aromatic heterocycles. The Kier molecular flexibility index (Phi) is 5.76. The van der Waals surface area contributed by atoms with Crippen molar-refractivity contribution in [2.75, 3.05) is 31.5 Å². The van der Waals surface area contributed by atoms with Gasteiger partial charge in [0.15, 0.2) is 0 Å². The van der Waals surface area contributed by atoms with E-state index in [2.05, 4.69) is 26.6 Å². The molecule has 26 heavy (non-hydrogen) atoms. The van der Waals surface area contributed by atoms with Crippen LogP contribution in [0.2, 0.25) is 0 Å². The quantitative estimate of drug-likeness (QED) is 0.770. The molecule has 1 fully saturated rings. The van der Waals surface area contributed by atoms with E-state index in [1.165, 1.54) is 16.4 Å². The summed E-state index contributed by atoms with van der Waals surface area (Å²) in [5, 5.41) is 5.93. The van der Waals surface area contributed by atoms with E-state index >= 15 is 0 Å². The molecule has 1 aliphatic rings. The largest absolute Gasteiger partial charge is 0.322 e. The maximum atomic E-state index is 12.6. The fourth-order valence-electron chi connectivity index (χ4n) is 2.73. The van der Waals surface area contributed by atoms with Gasteiger partial charge in [0, 0.05) is 41.9 Å². The number of anilines is 1. The van der Waals surface area contributed by atoms with Crippen LogP contribution < -0.4 is 10.6 Å². The van der Waals surface area contributed by atoms with Gasteiger partial charge in [0.05, 0.1) is 4.90 Å². The van der Waals surface area contributed by atoms with E-state index in [-0.39, 0.29) is 10.8 Å². The fraction of sp³-hybridized carbons (Fsp3) is 0.278. The van der Waals surface area contributed by atoms with Gasteiger partial charge in [0.2, 0.25) is 10.0 Å². The SMILES string of the molecule is Cc1cc(C(=O)Nc2ccc(S(=O)(=O)N3CCNCC3)cc2)ccc1Br. The summed E-state index contributed by atoms with van der Waals surface area (Å²) in [7, 11) is -3.49. The minimum absolute atomic E-state index is 0.233. The summed E-state index contributed by atoms with van der Waals surface area (Å²) in [4.78, 5) is 12.6. The molecule has 0 aliphatic carbocycles. The molecule has 0 saturated carbocycles. The molecule has 6 nitrogen and oxygen atoms in total. The van der Waals surface area contributed by atoms with E-state index in [0.29, 0.717) is 37.4 Å². The molecular weight excluding hydrogens is 418 g/mol. The number of aryl methyl sites for hydroxylation is 1. The topological polar surface area (TPSA) is 78.5 Å². The van der Waals surface area contributed by atoms with Crippen molar-refractivity contribution in [3.8, 4) is 0 Å². The molecule has 0 bridgehead atoms. The molecule has 1 aliphatic heterocycles. The number of carbonyl (C=O) groups is 1. The van der Waals surface area contributed by atoms with Crippen molar-refractivity contribution in [3.63, 3.8) is 0 Å². The molecule has 2 aromatic carbocycles. The second kappa shape index (κ2) is 7.87. The monoisotopic (exact) mass is 437 g/mol. The van der Waals surface area contributed by atoms with Crippen molar-refractivity contribution in [2.45, 2.75) is 11.8 Å². The van der Waals surface area contributed by atoms with Gasteiger partial charge in [-0.05, 0) is 55.0 Å². The van der Waals surface area contributed by atoms with Gasteiger partial charge in [0.25, 0.3) is 5.91 Å². The first kappa shape index (κ1) is 19.0. The number of hydrogen-bond acceptors (Lipinski definition) is 4. The lowest BCUT2D eigenvalue weighted by Crippen LogP contribution is -2.46. The van der Waals surface area contributed by atoms with Crippen molar-refractivity contribution in [3.05, 3.63) is 58.1 Å². The van der Waals surface area contributed by atoms with E-state index < -0.39 is 10.0 Å². The Morgan fingerprint density at radius 3 is 2.38 bits per heavy atom. The minimum atomic E-state index is -3.49. The Labute approximate surface area is 161 Å². The number of sulfonamides is 1. The number of halogens is 1. The predicted octanol–water partition coefficient (Wildman–Crippen LogP) is 2.60. The predicted molar refractivity (Wildman–Crippen MR) is 105 cm³/mol. The maximum absolute atomic E-state index is 12.6. The van der Waals surface area contributed by atoms with Crippen LogP contribution in [-0.2, 0) is 10.0 Å². The molecule has 1 amide bonds. The zero-order valence-electron chi connectivity index (χ0n) is 14.3. The van der Waals surface area contributed by atoms with Gasteiger partial charge in [-0.2, -0.15) is 4.31 Å². The molecule has 1 saturated heterocycles. The van der Waals surface area contributed by atoms with E-state index in [1.807, 2.05) is 13.0 Å². The Morgan fingerprint density at radius 1 is 1.12 bits per heavy atom. The molecule has 2 N–H and O–H groups in total. The maximum Gasteiger partial charge on any atom is 0.255 e. The summed E-state index contributed by atoms with van der Waals surface area (Å²) < 4.78 is 27.7. The second-order valence-electron chi connectivity index (χ2n) is 6.10. The number of piperazine rings is 1. The van der Waals surface area contributed by atoms with E-state index in [1.54, 1.807) is 24.3 Å². The molecule has 8 heteroatoms. The van der Waals surface area contributed by atoms with Crippen molar-refractivity contribution in [2.24, 2.45) is 0 Å². The summed E-state index contributed by atoms with van der Waals surface area (Å²) in [5.41, 5.74) is 2.06. The third-order valence-corrected chi connectivity index (χ3v) is 7.05. The molecule has 2 aromatic rings. The number of amides is 1. The Bertz CT molecular complexity index is 908. The normalized spacial score (nSPS) is 15.6. The molecule has 0 radical (unpaired) electrons. The van der Waals surface area contributed by atoms with Gasteiger partial charge in [-0.25, -0.2) is 8.42 Å². The van der Waals surface area contributed by atoms with E-state index in [0.717, 1.165) is 10.0 Å². The third kappa shape index (κ3) is 4.15. The molecular formula is C18H20BrN3O3S. The van der Waals surface area contributed by atoms with Gasteiger partial charge >= 0.3 is 0 Å². The molecule has 0 spiro atoms. The highest BCUT2D eigenvalue weighted by atomic mass is 79.9. The molecule has 3 rings (SSSR count). The highest BCUT2D eigenvalue weighted by Crippen LogP contribution is 2.21. The van der Waals surface area contributed by atoms with Crippen LogP contribution in [0.25, 0.3) is 0 Å². The first-order valence-corrected chi connectivity index (χ1v) is 10.5. The van der Waals surface area contributed by atoms with Crippen LogP contribution in [0.4, 0.5) is 5.69 Å². The van der Waals surface area contributed by atoms with Crippen LogP contribution in [0.3, 0.4) is 0 Å². The summed E-state index contributed by atoms with van der Waals surface area (Å²) in [6, 6.07) is 11.6. The summed E-state index contributed by atoms with van der Waals surface area (Å²) in [5.74, 6) is -0.238. The number of hydrogen-bond donors (Lipinski definition) is 2. The highest BCUT2D eigenvalue weighted by Gasteiger charge is 2.25. The van der Waals surface area contributed by atoms with Crippen molar-refractivity contribution in [1.29, 1.82) is 0 Å². The summed E-state index contributed by atoms with van der Waals surface area (Å²) >= 11 is 3.41. The van der Waals surface area contributed by atoms with Gasteiger partial charge in [0.1, 0.15) is 0 Å². The summed E-state index contributed by atoms with van der Waals surface area (Å²) in [6.45, 7) is 4.14. The van der Waals surface area contributed by atoms with Crippen LogP contribution in [0, 0.1) is 6.92 Å². The smallest absolute Gasteiger partial charge is 0.255 e. The van der Waals surface area contributed by atoms with E-state index in [4.69, 9.17) is 0 Å². The zero-order chi connectivity index (χ0) is 18.7. The molecule has 138 valence electrons. The van der Waals surface area contributed by atoms with Crippen molar-refractivity contribution >= 4 is 37.5 Å². The number of nitrogens with zero attached hydrogens (tertiary/aromatic N) is 1. The first-order valence-electron chi connectivity index (χ1n) is 8.26. The van der Waals surface area contributed by atoms with Crippen molar-refractivity contribution < 1.29 is 13.2 Å². The standard InChI is InChI=1S/C18H20BrN3O3S/c1-13-12-14(2-7-17(13)19)18(23)21-15-3-5-16(6-4-15)26(24,25)22-10-8-20-9-11-22/h2-7,12,20H,8-11H2,1H3,(H,21,23). The van der Waals surface area contributed by atoms with Gasteiger partial charge < -0.3 is 10.6 Å². The lowest BCUT2D eigenvalue weighted by molar-refractivity contribution is 0.102. The fourth-order valence-corrected chi connectivity index (χ4v) is 4.42. The molecule has 0 unspecified atom stereocenters. The first-order chi connectivity index (χ1) is 12.4. The van der Waals surface area contributed by atoms with Crippen LogP contribution in [0.15, 0.2) is 51.8 Å². The van der Waals surface area contributed by atoms with Crippen LogP contribution >= 0.6 is 15.9 Å². The minimum Gasteiger partial charge on any atom is -0.322 e. The second-order valence-corrected chi connectivity index (χ2v) is 8.89. The van der Waals surface area contributed by atoms with E-state index in [9.17, 15) is 13.2 Å². The Hall–Kier alpha value is -1.74. The molecule has 1 heterocycles. The number of benzene rings is 2. The van der Waals surface area contributed by atoms with Crippen molar-refractivity contribution in [1.82, 2.24) is 9.62 Å². The van der Waals surface area contributed by atoms with Crippen LogP contribution in [0.5, 0.6) is 0 Å². The zero-order valence-corrected chi connectivity index (χ0v) is 16.7. The Morgan fingerprint density at radius 2 is 1.77 bits per heavy atom. The average molecular weight is 438 g/mol.